The van der Waals surface area contributed by atoms with Gasteiger partial charge in [0.15, 0.2) is 0 Å². The van der Waals surface area contributed by atoms with Crippen molar-refractivity contribution in [1.82, 2.24) is 0 Å². The Morgan fingerprint density at radius 3 is 1.71 bits per heavy atom. The van der Waals surface area contributed by atoms with E-state index in [1.165, 1.54) is 0 Å². The van der Waals surface area contributed by atoms with Gasteiger partial charge in [0.25, 0.3) is 5.97 Å². The fraction of sp³-hybridized carbons (Fsp3) is 0.500. The molecule has 0 aromatic heterocycles. The van der Waals surface area contributed by atoms with Crippen molar-refractivity contribution in [2.45, 2.75) is 6.92 Å². The molecule has 0 spiro atoms. The summed E-state index contributed by atoms with van der Waals surface area (Å²) in [6.07, 6.45) is 0. The Morgan fingerprint density at radius 2 is 1.71 bits per heavy atom. The van der Waals surface area contributed by atoms with E-state index in [0.717, 1.165) is 6.92 Å². The standard InChI is InChI=1S/C2H4O2.BrH.Co.Li.H/c1-2(3)4;;;;/h1H3,(H,3,4);1H;;;/q;;;+1;-1. The minimum atomic E-state index is -0.833. The van der Waals surface area contributed by atoms with Gasteiger partial charge in [0.2, 0.25) is 0 Å². The van der Waals surface area contributed by atoms with Crippen LogP contribution in [0.3, 0.4) is 0 Å². The van der Waals surface area contributed by atoms with Crippen molar-refractivity contribution in [2.75, 3.05) is 0 Å². The van der Waals surface area contributed by atoms with Crippen LogP contribution in [0.4, 0.5) is 0 Å². The minimum absolute atomic E-state index is 0. The molecule has 0 atom stereocenters. The van der Waals surface area contributed by atoms with Gasteiger partial charge in [-0.25, -0.2) is 0 Å². The maximum absolute atomic E-state index is 9.00. The number of carboxylic acids is 1. The summed E-state index contributed by atoms with van der Waals surface area (Å²) in [6, 6.07) is 0. The van der Waals surface area contributed by atoms with E-state index in [9.17, 15) is 0 Å². The van der Waals surface area contributed by atoms with E-state index in [1.807, 2.05) is 0 Å². The first-order chi connectivity index (χ1) is 1.73. The molecule has 0 unspecified atom stereocenters. The van der Waals surface area contributed by atoms with Crippen LogP contribution in [0.15, 0.2) is 0 Å². The second-order valence-corrected chi connectivity index (χ2v) is 0.519. The van der Waals surface area contributed by atoms with Gasteiger partial charge in [-0.05, 0) is 0 Å². The number of carboxylic acid groups (broad SMARTS) is 1. The molecule has 0 aromatic carbocycles. The Morgan fingerprint density at radius 1 is 1.71 bits per heavy atom. The topological polar surface area (TPSA) is 37.3 Å². The smallest absolute Gasteiger partial charge is 1.00 e. The number of rotatable bonds is 0. The fourth-order valence-electron chi connectivity index (χ4n) is 0. The van der Waals surface area contributed by atoms with Crippen LogP contribution in [-0.4, -0.2) is 11.1 Å². The Bertz CT molecular complexity index is 43.0. The van der Waals surface area contributed by atoms with Crippen molar-refractivity contribution in [3.8, 4) is 0 Å². The Labute approximate surface area is 76.7 Å². The third kappa shape index (κ3) is 162. The van der Waals surface area contributed by atoms with Gasteiger partial charge in [-0.2, -0.15) is 0 Å². The predicted octanol–water partition coefficient (Wildman–Crippen LogP) is -2.22. The molecule has 0 amide bonds. The third-order valence-electron chi connectivity index (χ3n) is 0. The molecule has 0 aliphatic rings. The van der Waals surface area contributed by atoms with Gasteiger partial charge < -0.3 is 6.53 Å². The molecular formula is C2H6BrCoLiO2. The molecule has 0 rings (SSSR count). The molecule has 7 heavy (non-hydrogen) atoms. The Balaban J connectivity index is -0.00000000750. The molecular weight excluding hydrogens is 202 g/mol. The van der Waals surface area contributed by atoms with Gasteiger partial charge in [0, 0.05) is 23.7 Å². The first-order valence-corrected chi connectivity index (χ1v) is 0.928. The molecule has 0 fully saturated rings. The van der Waals surface area contributed by atoms with Crippen molar-refractivity contribution < 1.29 is 47.0 Å². The molecule has 0 aliphatic carbocycles. The van der Waals surface area contributed by atoms with Crippen LogP contribution in [0.25, 0.3) is 0 Å². The zero-order valence-corrected chi connectivity index (χ0v) is 6.85. The summed E-state index contributed by atoms with van der Waals surface area (Å²) in [4.78, 5) is 9.00. The maximum Gasteiger partial charge on any atom is 1.00 e. The van der Waals surface area contributed by atoms with Crippen molar-refractivity contribution in [3.63, 3.8) is 0 Å². The second kappa shape index (κ2) is 15.7. The zero-order valence-electron chi connectivity index (χ0n) is 5.10. The van der Waals surface area contributed by atoms with Gasteiger partial charge in [0.1, 0.15) is 0 Å². The van der Waals surface area contributed by atoms with Crippen LogP contribution < -0.4 is 18.9 Å². The van der Waals surface area contributed by atoms with E-state index < -0.39 is 5.97 Å². The van der Waals surface area contributed by atoms with Gasteiger partial charge in [-0.15, -0.1) is 17.0 Å². The first kappa shape index (κ1) is 24.4. The average molecular weight is 208 g/mol. The largest absolute Gasteiger partial charge is 1.00 e. The molecule has 5 heteroatoms. The summed E-state index contributed by atoms with van der Waals surface area (Å²) in [5, 5.41) is 7.42. The van der Waals surface area contributed by atoms with Crippen molar-refractivity contribution in [3.05, 3.63) is 0 Å². The number of carbonyl (C=O) groups is 1. The summed E-state index contributed by atoms with van der Waals surface area (Å²) >= 11 is 0. The molecule has 43 valence electrons. The quantitative estimate of drug-likeness (QED) is 0.458. The molecule has 0 aliphatic heterocycles. The van der Waals surface area contributed by atoms with Crippen molar-refractivity contribution >= 4 is 23.0 Å². The number of aliphatic carboxylic acids is 1. The van der Waals surface area contributed by atoms with Crippen LogP contribution in [0.5, 0.6) is 0 Å². The number of hydrogen-bond donors (Lipinski definition) is 1. The zero-order chi connectivity index (χ0) is 3.58. The van der Waals surface area contributed by atoms with Crippen LogP contribution in [0.1, 0.15) is 8.35 Å². The van der Waals surface area contributed by atoms with Gasteiger partial charge in [-0.1, -0.05) is 0 Å². The fourth-order valence-corrected chi connectivity index (χ4v) is 0. The second-order valence-electron chi connectivity index (χ2n) is 0.519. The summed E-state index contributed by atoms with van der Waals surface area (Å²) in [5.74, 6) is -0.833. The van der Waals surface area contributed by atoms with Crippen LogP contribution in [-0.2, 0) is 21.6 Å². The summed E-state index contributed by atoms with van der Waals surface area (Å²) in [7, 11) is 0. The number of hydrogen-bond acceptors (Lipinski definition) is 1. The van der Waals surface area contributed by atoms with Crippen LogP contribution >= 0.6 is 17.0 Å². The molecule has 0 bridgehead atoms. The summed E-state index contributed by atoms with van der Waals surface area (Å²) in [6.45, 7) is 1.08. The maximum atomic E-state index is 9.00. The molecule has 1 N–H and O–H groups in total. The van der Waals surface area contributed by atoms with E-state index in [2.05, 4.69) is 0 Å². The van der Waals surface area contributed by atoms with Gasteiger partial charge in [-0.3, -0.25) is 4.79 Å². The van der Waals surface area contributed by atoms with Crippen LogP contribution in [0, 0.1) is 0 Å². The first-order valence-electron chi connectivity index (χ1n) is 0.928. The van der Waals surface area contributed by atoms with Gasteiger partial charge >= 0.3 is 18.9 Å². The van der Waals surface area contributed by atoms with Crippen LogP contribution in [0.2, 0.25) is 0 Å². The predicted molar refractivity (Wildman–Crippen MR) is 24.7 cm³/mol. The van der Waals surface area contributed by atoms with E-state index in [-0.39, 0.29) is 54.0 Å². The molecule has 0 saturated heterocycles. The summed E-state index contributed by atoms with van der Waals surface area (Å²) in [5.41, 5.74) is 0. The number of halogens is 1. The third-order valence-corrected chi connectivity index (χ3v) is 0. The van der Waals surface area contributed by atoms with Crippen molar-refractivity contribution in [2.24, 2.45) is 0 Å². The van der Waals surface area contributed by atoms with Crippen molar-refractivity contribution in [1.29, 1.82) is 0 Å². The minimum Gasteiger partial charge on any atom is -1.00 e. The summed E-state index contributed by atoms with van der Waals surface area (Å²) < 4.78 is 0. The Kier molecular flexibility index (Phi) is 54.8. The van der Waals surface area contributed by atoms with E-state index >= 15 is 0 Å². The molecule has 0 aromatic rings. The van der Waals surface area contributed by atoms with E-state index in [4.69, 9.17) is 9.90 Å². The molecule has 2 nitrogen and oxygen atoms in total. The monoisotopic (exact) mass is 207 g/mol. The van der Waals surface area contributed by atoms with E-state index in [1.54, 1.807) is 0 Å². The molecule has 0 saturated carbocycles. The Hall–Kier alpha value is 1.05. The SMILES string of the molecule is Br.CC(=O)O.[Co].[H-].[Li+]. The van der Waals surface area contributed by atoms with Gasteiger partial charge in [0.05, 0.1) is 0 Å². The average Bonchev–Trinajstić information content (AvgIpc) is 0.811. The van der Waals surface area contributed by atoms with E-state index in [0.29, 0.717) is 0 Å². The molecule has 0 heterocycles. The normalized spacial score (nSPS) is 3.57. The molecule has 1 radical (unpaired) electrons.